The topological polar surface area (TPSA) is 98.8 Å². The number of ether oxygens (including phenoxy) is 1. The fourth-order valence-electron chi connectivity index (χ4n) is 4.07. The molecule has 3 heterocycles. The van der Waals surface area contributed by atoms with E-state index in [1.54, 1.807) is 16.9 Å². The highest BCUT2D eigenvalue weighted by Crippen LogP contribution is 2.38. The summed E-state index contributed by atoms with van der Waals surface area (Å²) in [7, 11) is 1.60. The smallest absolute Gasteiger partial charge is 0.327 e. The summed E-state index contributed by atoms with van der Waals surface area (Å²) in [4.78, 5) is 50.4. The number of methoxy groups -OCH3 is 1. The van der Waals surface area contributed by atoms with Gasteiger partial charge in [-0.3, -0.25) is 14.5 Å². The summed E-state index contributed by atoms with van der Waals surface area (Å²) in [5, 5.41) is 0. The minimum absolute atomic E-state index is 0.128. The lowest BCUT2D eigenvalue weighted by Crippen LogP contribution is -2.58. The molecule has 2 saturated heterocycles. The van der Waals surface area contributed by atoms with Crippen LogP contribution in [0, 0.1) is 5.92 Å². The van der Waals surface area contributed by atoms with E-state index in [0.717, 1.165) is 0 Å². The Morgan fingerprint density at radius 1 is 1.32 bits per heavy atom. The number of nitrogens with zero attached hydrogens (tertiary/aromatic N) is 4. The number of piperidine rings is 1. The standard InChI is InChI=1S/C19H29N5O4/c1-14(2)12-24-18(27)23(7-4-10-28-3)17(26)19(24)5-8-22(9-6-19)16(25)15-11-20-13-21-15/h11,13-14H,4-10,12H2,1-3H3,(H,20,21). The van der Waals surface area contributed by atoms with Crippen LogP contribution < -0.4 is 0 Å². The van der Waals surface area contributed by atoms with Crippen molar-refractivity contribution in [1.82, 2.24) is 24.7 Å². The average Bonchev–Trinajstić information content (AvgIpc) is 3.27. The molecule has 4 amide bonds. The Morgan fingerprint density at radius 3 is 2.61 bits per heavy atom. The summed E-state index contributed by atoms with van der Waals surface area (Å²) >= 11 is 0. The monoisotopic (exact) mass is 391 g/mol. The lowest BCUT2D eigenvalue weighted by molar-refractivity contribution is -0.135. The lowest BCUT2D eigenvalue weighted by Gasteiger charge is -2.42. The molecule has 28 heavy (non-hydrogen) atoms. The SMILES string of the molecule is COCCCN1C(=O)N(CC(C)C)C2(CCN(C(=O)c3cnc[nH]3)CC2)C1=O. The van der Waals surface area contributed by atoms with E-state index in [-0.39, 0.29) is 23.8 Å². The summed E-state index contributed by atoms with van der Waals surface area (Å²) < 4.78 is 5.06. The van der Waals surface area contributed by atoms with E-state index in [4.69, 9.17) is 4.74 Å². The predicted octanol–water partition coefficient (Wildman–Crippen LogP) is 1.34. The second kappa shape index (κ2) is 8.30. The summed E-state index contributed by atoms with van der Waals surface area (Å²) in [5.74, 6) is -0.0171. The van der Waals surface area contributed by atoms with E-state index in [0.29, 0.717) is 57.7 Å². The number of carbonyl (C=O) groups excluding carboxylic acids is 3. The van der Waals surface area contributed by atoms with Crippen LogP contribution in [-0.2, 0) is 9.53 Å². The van der Waals surface area contributed by atoms with Crippen LogP contribution in [0.3, 0.4) is 0 Å². The molecule has 3 rings (SSSR count). The van der Waals surface area contributed by atoms with E-state index in [9.17, 15) is 14.4 Å². The number of rotatable bonds is 7. The highest BCUT2D eigenvalue weighted by Gasteiger charge is 2.58. The van der Waals surface area contributed by atoms with Crippen LogP contribution in [0.5, 0.6) is 0 Å². The number of aromatic amines is 1. The Labute approximate surface area is 165 Å². The molecule has 2 aliphatic rings. The molecule has 0 saturated carbocycles. The van der Waals surface area contributed by atoms with Gasteiger partial charge in [0.1, 0.15) is 11.2 Å². The minimum atomic E-state index is -0.848. The Kier molecular flexibility index (Phi) is 6.02. The highest BCUT2D eigenvalue weighted by atomic mass is 16.5. The zero-order chi connectivity index (χ0) is 20.3. The van der Waals surface area contributed by atoms with E-state index in [1.807, 2.05) is 13.8 Å². The molecule has 0 aromatic carbocycles. The number of hydrogen-bond donors (Lipinski definition) is 1. The van der Waals surface area contributed by atoms with E-state index in [2.05, 4.69) is 9.97 Å². The summed E-state index contributed by atoms with van der Waals surface area (Å²) in [6.07, 6.45) is 4.49. The van der Waals surface area contributed by atoms with Gasteiger partial charge in [-0.1, -0.05) is 13.8 Å². The van der Waals surface area contributed by atoms with Crippen LogP contribution in [0.4, 0.5) is 4.79 Å². The first-order chi connectivity index (χ1) is 13.4. The molecule has 2 aliphatic heterocycles. The average molecular weight is 391 g/mol. The Bertz CT molecular complexity index is 710. The largest absolute Gasteiger partial charge is 0.385 e. The third-order valence-corrected chi connectivity index (χ3v) is 5.51. The van der Waals surface area contributed by atoms with Crippen LogP contribution in [-0.4, -0.2) is 87.9 Å². The van der Waals surface area contributed by atoms with Gasteiger partial charge in [-0.2, -0.15) is 0 Å². The molecule has 1 N–H and O–H groups in total. The first-order valence-electron chi connectivity index (χ1n) is 9.81. The number of amides is 4. The Balaban J connectivity index is 1.76. The second-order valence-corrected chi connectivity index (χ2v) is 7.88. The zero-order valence-corrected chi connectivity index (χ0v) is 16.8. The molecule has 0 aliphatic carbocycles. The van der Waals surface area contributed by atoms with Crippen LogP contribution >= 0.6 is 0 Å². The van der Waals surface area contributed by atoms with Crippen molar-refractivity contribution in [3.05, 3.63) is 18.2 Å². The molecular formula is C19H29N5O4. The number of hydrogen-bond acceptors (Lipinski definition) is 5. The normalized spacial score (nSPS) is 19.4. The molecule has 1 aromatic heterocycles. The molecule has 9 heteroatoms. The lowest BCUT2D eigenvalue weighted by atomic mass is 9.85. The highest BCUT2D eigenvalue weighted by molar-refractivity contribution is 6.07. The van der Waals surface area contributed by atoms with Crippen molar-refractivity contribution in [3.8, 4) is 0 Å². The third kappa shape index (κ3) is 3.63. The minimum Gasteiger partial charge on any atom is -0.385 e. The quantitative estimate of drug-likeness (QED) is 0.559. The van der Waals surface area contributed by atoms with E-state index >= 15 is 0 Å². The number of H-pyrrole nitrogens is 1. The maximum Gasteiger partial charge on any atom is 0.327 e. The number of aromatic nitrogens is 2. The first-order valence-corrected chi connectivity index (χ1v) is 9.81. The summed E-state index contributed by atoms with van der Waals surface area (Å²) in [6, 6.07) is -0.219. The van der Waals surface area contributed by atoms with Crippen molar-refractivity contribution in [2.45, 2.75) is 38.6 Å². The molecule has 0 radical (unpaired) electrons. The van der Waals surface area contributed by atoms with Crippen LogP contribution in [0.25, 0.3) is 0 Å². The van der Waals surface area contributed by atoms with Crippen LogP contribution in [0.15, 0.2) is 12.5 Å². The molecule has 1 spiro atoms. The number of imide groups is 1. The number of carbonyl (C=O) groups is 3. The summed E-state index contributed by atoms with van der Waals surface area (Å²) in [5.41, 5.74) is -0.413. The van der Waals surface area contributed by atoms with E-state index in [1.165, 1.54) is 17.4 Å². The van der Waals surface area contributed by atoms with Gasteiger partial charge in [0.15, 0.2) is 0 Å². The predicted molar refractivity (Wildman–Crippen MR) is 102 cm³/mol. The maximum atomic E-state index is 13.3. The van der Waals surface area contributed by atoms with Gasteiger partial charge in [-0.05, 0) is 25.2 Å². The number of urea groups is 1. The second-order valence-electron chi connectivity index (χ2n) is 7.88. The molecule has 9 nitrogen and oxygen atoms in total. The van der Waals surface area contributed by atoms with Gasteiger partial charge in [0.05, 0.1) is 12.5 Å². The number of nitrogens with one attached hydrogen (secondary N) is 1. The van der Waals surface area contributed by atoms with Crippen molar-refractivity contribution in [2.75, 3.05) is 39.9 Å². The fraction of sp³-hybridized carbons (Fsp3) is 0.684. The number of imidazole rings is 1. The maximum absolute atomic E-state index is 13.3. The van der Waals surface area contributed by atoms with Crippen molar-refractivity contribution < 1.29 is 19.1 Å². The van der Waals surface area contributed by atoms with Crippen molar-refractivity contribution in [2.24, 2.45) is 5.92 Å². The van der Waals surface area contributed by atoms with Gasteiger partial charge < -0.3 is 19.5 Å². The molecule has 0 atom stereocenters. The Hall–Kier alpha value is -2.42. The molecule has 0 bridgehead atoms. The first kappa shape index (κ1) is 20.3. The van der Waals surface area contributed by atoms with Gasteiger partial charge in [-0.15, -0.1) is 0 Å². The van der Waals surface area contributed by atoms with Crippen LogP contribution in [0.2, 0.25) is 0 Å². The summed E-state index contributed by atoms with van der Waals surface area (Å²) in [6.45, 7) is 6.32. The third-order valence-electron chi connectivity index (χ3n) is 5.51. The van der Waals surface area contributed by atoms with Crippen molar-refractivity contribution in [1.29, 1.82) is 0 Å². The van der Waals surface area contributed by atoms with Gasteiger partial charge in [-0.25, -0.2) is 9.78 Å². The van der Waals surface area contributed by atoms with Crippen LogP contribution in [0.1, 0.15) is 43.6 Å². The van der Waals surface area contributed by atoms with Crippen molar-refractivity contribution in [3.63, 3.8) is 0 Å². The molecule has 154 valence electrons. The molecule has 2 fully saturated rings. The van der Waals surface area contributed by atoms with E-state index < -0.39 is 5.54 Å². The molecule has 1 aromatic rings. The van der Waals surface area contributed by atoms with Gasteiger partial charge in [0, 0.05) is 39.9 Å². The van der Waals surface area contributed by atoms with Gasteiger partial charge >= 0.3 is 6.03 Å². The zero-order valence-electron chi connectivity index (χ0n) is 16.8. The Morgan fingerprint density at radius 2 is 2.04 bits per heavy atom. The fourth-order valence-corrected chi connectivity index (χ4v) is 4.07. The van der Waals surface area contributed by atoms with Gasteiger partial charge in [0.25, 0.3) is 11.8 Å². The number of likely N-dealkylation sites (tertiary alicyclic amines) is 1. The van der Waals surface area contributed by atoms with Crippen molar-refractivity contribution >= 4 is 17.8 Å². The van der Waals surface area contributed by atoms with Gasteiger partial charge in [0.2, 0.25) is 0 Å². The molecular weight excluding hydrogens is 362 g/mol. The molecule has 0 unspecified atom stereocenters.